The molecule has 0 spiro atoms. The first-order valence-electron chi connectivity index (χ1n) is 12.9. The van der Waals surface area contributed by atoms with Crippen LogP contribution in [0.15, 0.2) is 35.4 Å². The van der Waals surface area contributed by atoms with E-state index in [1.165, 1.54) is 6.20 Å². The molecule has 1 aliphatic carbocycles. The zero-order valence-electron chi connectivity index (χ0n) is 21.1. The smallest absolute Gasteiger partial charge is 0.274 e. The Morgan fingerprint density at radius 2 is 2.05 bits per heavy atom. The topological polar surface area (TPSA) is 133 Å². The molecule has 3 aliphatic rings. The average Bonchev–Trinajstić information content (AvgIpc) is 3.55. The molecule has 1 N–H and O–H groups in total. The number of likely N-dealkylation sites (tertiary alicyclic amines) is 1. The van der Waals surface area contributed by atoms with Gasteiger partial charge < -0.3 is 24.3 Å². The van der Waals surface area contributed by atoms with E-state index >= 15 is 0 Å². The minimum atomic E-state index is -0.527. The maximum atomic E-state index is 13.6. The van der Waals surface area contributed by atoms with Gasteiger partial charge >= 0.3 is 0 Å². The Labute approximate surface area is 218 Å². The SMILES string of the molecule is Cn1c2c(cc(C(=O)N3C[C@@H]4NC(=O)c5ncccc5OCCn5cc(nn5)CO[C@H]4C3)c1=O)CCCC2. The quantitative estimate of drug-likeness (QED) is 0.491. The molecule has 6 rings (SSSR count). The number of amides is 2. The molecule has 5 heterocycles. The molecule has 3 aromatic rings. The lowest BCUT2D eigenvalue weighted by Gasteiger charge is -2.22. The number of aryl methyl sites for hydroxylation is 1. The Balaban J connectivity index is 1.29. The van der Waals surface area contributed by atoms with Crippen LogP contribution in [0.1, 0.15) is 50.6 Å². The fourth-order valence-electron chi connectivity index (χ4n) is 5.43. The van der Waals surface area contributed by atoms with E-state index in [0.29, 0.717) is 18.0 Å². The number of nitrogens with zero attached hydrogens (tertiary/aromatic N) is 6. The van der Waals surface area contributed by atoms with Gasteiger partial charge in [-0.15, -0.1) is 5.10 Å². The maximum absolute atomic E-state index is 13.6. The van der Waals surface area contributed by atoms with Crippen LogP contribution in [0.2, 0.25) is 0 Å². The third-order valence-corrected chi connectivity index (χ3v) is 7.43. The maximum Gasteiger partial charge on any atom is 0.274 e. The van der Waals surface area contributed by atoms with Crippen molar-refractivity contribution in [1.29, 1.82) is 0 Å². The molecule has 2 atom stereocenters. The van der Waals surface area contributed by atoms with Crippen molar-refractivity contribution >= 4 is 11.8 Å². The number of carbonyl (C=O) groups excluding carboxylic acids is 2. The number of pyridine rings is 2. The molecule has 198 valence electrons. The minimum Gasteiger partial charge on any atom is -0.489 e. The highest BCUT2D eigenvalue weighted by Gasteiger charge is 2.39. The lowest BCUT2D eigenvalue weighted by atomic mass is 9.94. The molecule has 0 unspecified atom stereocenters. The Kier molecular flexibility index (Phi) is 6.40. The van der Waals surface area contributed by atoms with Crippen molar-refractivity contribution in [2.24, 2.45) is 7.05 Å². The molecule has 2 bridgehead atoms. The van der Waals surface area contributed by atoms with E-state index in [1.807, 2.05) is 0 Å². The number of nitrogens with one attached hydrogen (secondary N) is 1. The van der Waals surface area contributed by atoms with E-state index in [4.69, 9.17) is 9.47 Å². The lowest BCUT2D eigenvalue weighted by molar-refractivity contribution is 0.0289. The Bertz CT molecular complexity index is 1450. The monoisotopic (exact) mass is 519 g/mol. The number of hydrogen-bond donors (Lipinski definition) is 1. The predicted molar refractivity (Wildman–Crippen MR) is 134 cm³/mol. The highest BCUT2D eigenvalue weighted by Crippen LogP contribution is 2.23. The predicted octanol–water partition coefficient (Wildman–Crippen LogP) is 0.483. The fraction of sp³-hybridized carbons (Fsp3) is 0.462. The van der Waals surface area contributed by atoms with Gasteiger partial charge in [0.25, 0.3) is 17.4 Å². The number of fused-ring (bicyclic) bond motifs is 5. The molecular weight excluding hydrogens is 490 g/mol. The Morgan fingerprint density at radius 3 is 2.95 bits per heavy atom. The molecule has 3 aromatic heterocycles. The van der Waals surface area contributed by atoms with Gasteiger partial charge in [0.15, 0.2) is 11.4 Å². The number of ether oxygens (including phenoxy) is 2. The van der Waals surface area contributed by atoms with Gasteiger partial charge in [-0.1, -0.05) is 5.21 Å². The van der Waals surface area contributed by atoms with Crippen molar-refractivity contribution in [2.75, 3.05) is 19.7 Å². The van der Waals surface area contributed by atoms with Crippen LogP contribution < -0.4 is 15.6 Å². The largest absolute Gasteiger partial charge is 0.489 e. The van der Waals surface area contributed by atoms with Gasteiger partial charge in [0.05, 0.1) is 31.5 Å². The van der Waals surface area contributed by atoms with Crippen LogP contribution in [-0.4, -0.2) is 73.1 Å². The Hall–Kier alpha value is -4.06. The summed E-state index contributed by atoms with van der Waals surface area (Å²) in [6, 6.07) is 4.61. The zero-order chi connectivity index (χ0) is 26.2. The van der Waals surface area contributed by atoms with Crippen molar-refractivity contribution in [3.63, 3.8) is 0 Å². The van der Waals surface area contributed by atoms with E-state index in [2.05, 4.69) is 20.6 Å². The molecule has 0 saturated carbocycles. The van der Waals surface area contributed by atoms with Gasteiger partial charge in [0.1, 0.15) is 17.9 Å². The van der Waals surface area contributed by atoms with Crippen LogP contribution in [0, 0.1) is 0 Å². The summed E-state index contributed by atoms with van der Waals surface area (Å²) in [6.07, 6.45) is 6.55. The second kappa shape index (κ2) is 10.0. The van der Waals surface area contributed by atoms with Crippen LogP contribution in [0.25, 0.3) is 0 Å². The molecule has 0 radical (unpaired) electrons. The normalized spacial score (nSPS) is 21.4. The van der Waals surface area contributed by atoms with Gasteiger partial charge in [0, 0.05) is 32.0 Å². The number of rotatable bonds is 1. The molecule has 2 amide bonds. The summed E-state index contributed by atoms with van der Waals surface area (Å²) >= 11 is 0. The van der Waals surface area contributed by atoms with E-state index < -0.39 is 18.1 Å². The molecule has 1 fully saturated rings. The molecule has 12 heteroatoms. The van der Waals surface area contributed by atoms with Gasteiger partial charge in [-0.2, -0.15) is 0 Å². The molecular formula is C26H29N7O5. The minimum absolute atomic E-state index is 0.146. The first kappa shape index (κ1) is 24.3. The third-order valence-electron chi connectivity index (χ3n) is 7.43. The van der Waals surface area contributed by atoms with Gasteiger partial charge in [-0.3, -0.25) is 14.4 Å². The van der Waals surface area contributed by atoms with E-state index in [1.54, 1.807) is 45.6 Å². The molecule has 12 nitrogen and oxygen atoms in total. The standard InChI is InChI=1S/C26H29N7O5/c1-31-20-6-3-2-5-16(20)11-18(25(31)35)26(36)32-13-19-22(14-32)38-15-17-12-33(30-29-17)9-10-37-21-7-4-8-27-23(21)24(34)28-19/h4,7-8,11-12,19,22H,2-3,5-6,9-10,13-15H2,1H3,(H,28,34)/t19-,22-/m0/s1. The summed E-state index contributed by atoms with van der Waals surface area (Å²) in [5, 5.41) is 11.2. The first-order chi connectivity index (χ1) is 18.5. The Morgan fingerprint density at radius 1 is 1.18 bits per heavy atom. The van der Waals surface area contributed by atoms with Crippen molar-refractivity contribution in [2.45, 2.75) is 51.0 Å². The van der Waals surface area contributed by atoms with Crippen molar-refractivity contribution in [1.82, 2.24) is 34.8 Å². The highest BCUT2D eigenvalue weighted by molar-refractivity contribution is 5.96. The number of aromatic nitrogens is 5. The third kappa shape index (κ3) is 4.55. The summed E-state index contributed by atoms with van der Waals surface area (Å²) in [6.45, 7) is 1.27. The average molecular weight is 520 g/mol. The molecule has 1 saturated heterocycles. The van der Waals surface area contributed by atoms with E-state index in [9.17, 15) is 14.4 Å². The molecule has 2 aliphatic heterocycles. The van der Waals surface area contributed by atoms with Crippen LogP contribution in [0.4, 0.5) is 0 Å². The summed E-state index contributed by atoms with van der Waals surface area (Å²) in [5.41, 5.74) is 2.68. The van der Waals surface area contributed by atoms with E-state index in [-0.39, 0.29) is 49.0 Å². The van der Waals surface area contributed by atoms with Gasteiger partial charge in [-0.05, 0) is 49.4 Å². The molecule has 0 aromatic carbocycles. The van der Waals surface area contributed by atoms with E-state index in [0.717, 1.165) is 36.9 Å². The number of hydrogen-bond acceptors (Lipinski definition) is 8. The summed E-state index contributed by atoms with van der Waals surface area (Å²) in [5.74, 6) is -0.439. The summed E-state index contributed by atoms with van der Waals surface area (Å²) in [4.78, 5) is 45.8. The fourth-order valence-corrected chi connectivity index (χ4v) is 5.43. The highest BCUT2D eigenvalue weighted by atomic mass is 16.5. The lowest BCUT2D eigenvalue weighted by Crippen LogP contribution is -2.44. The van der Waals surface area contributed by atoms with Gasteiger partial charge in [0.2, 0.25) is 0 Å². The number of carbonyl (C=O) groups is 2. The molecule has 38 heavy (non-hydrogen) atoms. The summed E-state index contributed by atoms with van der Waals surface area (Å²) < 4.78 is 15.2. The van der Waals surface area contributed by atoms with Crippen molar-refractivity contribution < 1.29 is 19.1 Å². The van der Waals surface area contributed by atoms with Gasteiger partial charge in [-0.25, -0.2) is 9.67 Å². The second-order valence-electron chi connectivity index (χ2n) is 9.91. The van der Waals surface area contributed by atoms with Crippen LogP contribution in [0.5, 0.6) is 5.75 Å². The first-order valence-corrected chi connectivity index (χ1v) is 12.9. The van der Waals surface area contributed by atoms with Crippen molar-refractivity contribution in [3.8, 4) is 5.75 Å². The summed E-state index contributed by atoms with van der Waals surface area (Å²) in [7, 11) is 1.73. The second-order valence-corrected chi connectivity index (χ2v) is 9.91. The zero-order valence-corrected chi connectivity index (χ0v) is 21.1. The van der Waals surface area contributed by atoms with Crippen molar-refractivity contribution in [3.05, 3.63) is 69.2 Å². The van der Waals surface area contributed by atoms with Crippen LogP contribution >= 0.6 is 0 Å². The van der Waals surface area contributed by atoms with Crippen LogP contribution in [0.3, 0.4) is 0 Å². The van der Waals surface area contributed by atoms with Crippen LogP contribution in [-0.2, 0) is 37.8 Å².